The van der Waals surface area contributed by atoms with E-state index in [2.05, 4.69) is 9.72 Å². The number of nitrogens with zero attached hydrogens (tertiary/aromatic N) is 2. The van der Waals surface area contributed by atoms with Gasteiger partial charge < -0.3 is 10.5 Å². The van der Waals surface area contributed by atoms with Crippen LogP contribution in [0.5, 0.6) is 5.75 Å². The molecule has 80 valence electrons. The lowest BCUT2D eigenvalue weighted by molar-refractivity contribution is -0.274. The Hall–Kier alpha value is -1.97. The number of nitriles is 1. The molecule has 0 saturated carbocycles. The zero-order valence-corrected chi connectivity index (χ0v) is 7.59. The van der Waals surface area contributed by atoms with Crippen LogP contribution in [-0.2, 0) is 0 Å². The van der Waals surface area contributed by atoms with E-state index in [1.165, 1.54) is 13.0 Å². The molecule has 0 amide bonds. The van der Waals surface area contributed by atoms with Crippen LogP contribution in [0.1, 0.15) is 11.3 Å². The van der Waals surface area contributed by atoms with Crippen molar-refractivity contribution in [3.8, 4) is 11.8 Å². The number of nitrogen functional groups attached to an aromatic ring is 1. The molecule has 1 aromatic heterocycles. The van der Waals surface area contributed by atoms with Gasteiger partial charge in [0.05, 0.1) is 0 Å². The molecular formula is C8H6F3N3O. The van der Waals surface area contributed by atoms with E-state index in [1.54, 1.807) is 0 Å². The maximum absolute atomic E-state index is 11.9. The van der Waals surface area contributed by atoms with Crippen molar-refractivity contribution < 1.29 is 17.9 Å². The van der Waals surface area contributed by atoms with Gasteiger partial charge in [-0.15, -0.1) is 13.2 Å². The van der Waals surface area contributed by atoms with Crippen LogP contribution in [-0.4, -0.2) is 11.3 Å². The van der Waals surface area contributed by atoms with E-state index in [4.69, 9.17) is 11.0 Å². The molecule has 0 fully saturated rings. The highest BCUT2D eigenvalue weighted by Crippen LogP contribution is 2.27. The first kappa shape index (κ1) is 11.1. The molecule has 0 spiro atoms. The largest absolute Gasteiger partial charge is 0.573 e. The van der Waals surface area contributed by atoms with Crippen molar-refractivity contribution >= 4 is 5.82 Å². The quantitative estimate of drug-likeness (QED) is 0.777. The Kier molecular flexibility index (Phi) is 2.70. The van der Waals surface area contributed by atoms with Crippen molar-refractivity contribution in [1.82, 2.24) is 4.98 Å². The summed E-state index contributed by atoms with van der Waals surface area (Å²) < 4.78 is 39.3. The lowest BCUT2D eigenvalue weighted by atomic mass is 10.2. The third-order valence-electron chi connectivity index (χ3n) is 1.55. The summed E-state index contributed by atoms with van der Waals surface area (Å²) in [6.45, 7) is 1.47. The molecule has 0 bridgehead atoms. The minimum atomic E-state index is -4.85. The fourth-order valence-electron chi connectivity index (χ4n) is 0.885. The monoisotopic (exact) mass is 217 g/mol. The first-order valence-electron chi connectivity index (χ1n) is 3.76. The number of halogens is 3. The summed E-state index contributed by atoms with van der Waals surface area (Å²) in [6.07, 6.45) is -4.85. The van der Waals surface area contributed by atoms with E-state index >= 15 is 0 Å². The van der Waals surface area contributed by atoms with E-state index in [-0.39, 0.29) is 5.82 Å². The Morgan fingerprint density at radius 2 is 2.13 bits per heavy atom. The zero-order valence-electron chi connectivity index (χ0n) is 7.59. The van der Waals surface area contributed by atoms with Gasteiger partial charge in [-0.3, -0.25) is 0 Å². The lowest BCUT2D eigenvalue weighted by Gasteiger charge is -2.10. The molecule has 0 aromatic carbocycles. The first-order valence-corrected chi connectivity index (χ1v) is 3.76. The molecule has 4 nitrogen and oxygen atoms in total. The van der Waals surface area contributed by atoms with Crippen molar-refractivity contribution in [1.29, 1.82) is 5.26 Å². The van der Waals surface area contributed by atoms with Crippen LogP contribution in [0.3, 0.4) is 0 Å². The molecule has 15 heavy (non-hydrogen) atoms. The summed E-state index contributed by atoms with van der Waals surface area (Å²) in [5.41, 5.74) is 5.15. The van der Waals surface area contributed by atoms with Crippen molar-refractivity contribution in [2.45, 2.75) is 13.3 Å². The molecule has 0 radical (unpaired) electrons. The summed E-state index contributed by atoms with van der Waals surface area (Å²) >= 11 is 0. The molecule has 0 saturated heterocycles. The highest BCUT2D eigenvalue weighted by molar-refractivity contribution is 5.49. The molecular weight excluding hydrogens is 211 g/mol. The van der Waals surface area contributed by atoms with Gasteiger partial charge in [0.1, 0.15) is 11.9 Å². The molecule has 7 heteroatoms. The maximum atomic E-state index is 11.9. The second-order valence-corrected chi connectivity index (χ2v) is 2.70. The van der Waals surface area contributed by atoms with E-state index in [9.17, 15) is 13.2 Å². The molecule has 1 aromatic rings. The average molecular weight is 217 g/mol. The SMILES string of the molecule is Cc1cc(OC(F)(F)F)c(C#N)nc1N. The maximum Gasteiger partial charge on any atom is 0.573 e. The molecule has 2 N–H and O–H groups in total. The fourth-order valence-corrected chi connectivity index (χ4v) is 0.885. The van der Waals surface area contributed by atoms with Crippen LogP contribution in [0.4, 0.5) is 19.0 Å². The number of rotatable bonds is 1. The van der Waals surface area contributed by atoms with E-state index in [1.807, 2.05) is 0 Å². The van der Waals surface area contributed by atoms with Crippen LogP contribution in [0, 0.1) is 18.3 Å². The van der Waals surface area contributed by atoms with Gasteiger partial charge in [-0.25, -0.2) is 4.98 Å². The highest BCUT2D eigenvalue weighted by Gasteiger charge is 2.32. The first-order chi connectivity index (χ1) is 6.83. The van der Waals surface area contributed by atoms with Crippen LogP contribution in [0.2, 0.25) is 0 Å². The molecule has 0 aliphatic rings. The van der Waals surface area contributed by atoms with Gasteiger partial charge >= 0.3 is 6.36 Å². The number of aryl methyl sites for hydroxylation is 1. The van der Waals surface area contributed by atoms with E-state index in [0.29, 0.717) is 5.56 Å². The van der Waals surface area contributed by atoms with Crippen LogP contribution < -0.4 is 10.5 Å². The van der Waals surface area contributed by atoms with Gasteiger partial charge in [-0.1, -0.05) is 0 Å². The molecule has 0 atom stereocenters. The second kappa shape index (κ2) is 3.65. The van der Waals surface area contributed by atoms with Gasteiger partial charge in [0.2, 0.25) is 0 Å². The zero-order chi connectivity index (χ0) is 11.6. The van der Waals surface area contributed by atoms with Crippen molar-refractivity contribution in [2.24, 2.45) is 0 Å². The third kappa shape index (κ3) is 2.74. The standard InChI is InChI=1S/C8H6F3N3O/c1-4-2-6(15-8(9,10)11)5(3-12)14-7(4)13/h2H,1H3,(H2,13,14). The Morgan fingerprint density at radius 1 is 1.53 bits per heavy atom. The van der Waals surface area contributed by atoms with Crippen molar-refractivity contribution in [3.05, 3.63) is 17.3 Å². The number of anilines is 1. The number of pyridine rings is 1. The number of aromatic nitrogens is 1. The third-order valence-corrected chi connectivity index (χ3v) is 1.55. The fraction of sp³-hybridized carbons (Fsp3) is 0.250. The average Bonchev–Trinajstić information content (AvgIpc) is 2.08. The normalized spacial score (nSPS) is 10.9. The Bertz CT molecular complexity index is 422. The van der Waals surface area contributed by atoms with Crippen molar-refractivity contribution in [3.63, 3.8) is 0 Å². The number of alkyl halides is 3. The molecule has 0 unspecified atom stereocenters. The lowest BCUT2D eigenvalue weighted by Crippen LogP contribution is -2.18. The Balaban J connectivity index is 3.18. The number of nitrogens with two attached hydrogens (primary N) is 1. The minimum absolute atomic E-state index is 0.000995. The predicted molar refractivity (Wildman–Crippen MR) is 44.8 cm³/mol. The summed E-state index contributed by atoms with van der Waals surface area (Å²) in [7, 11) is 0. The van der Waals surface area contributed by atoms with Gasteiger partial charge in [0.25, 0.3) is 0 Å². The van der Waals surface area contributed by atoms with Gasteiger partial charge in [-0.05, 0) is 18.6 Å². The topological polar surface area (TPSA) is 71.9 Å². The van der Waals surface area contributed by atoms with Crippen LogP contribution >= 0.6 is 0 Å². The summed E-state index contributed by atoms with van der Waals surface area (Å²) in [4.78, 5) is 3.47. The van der Waals surface area contributed by atoms with Crippen LogP contribution in [0.25, 0.3) is 0 Å². The van der Waals surface area contributed by atoms with Crippen LogP contribution in [0.15, 0.2) is 6.07 Å². The van der Waals surface area contributed by atoms with Gasteiger partial charge in [0, 0.05) is 0 Å². The molecule has 0 aliphatic carbocycles. The number of hydrogen-bond acceptors (Lipinski definition) is 4. The Morgan fingerprint density at radius 3 is 2.60 bits per heavy atom. The summed E-state index contributed by atoms with van der Waals surface area (Å²) in [5.74, 6) is -0.641. The number of hydrogen-bond donors (Lipinski definition) is 1. The van der Waals surface area contributed by atoms with E-state index in [0.717, 1.165) is 6.07 Å². The Labute approximate surface area is 83.1 Å². The van der Waals surface area contributed by atoms with Gasteiger partial charge in [-0.2, -0.15) is 5.26 Å². The molecule has 1 heterocycles. The second-order valence-electron chi connectivity index (χ2n) is 2.70. The molecule has 0 aliphatic heterocycles. The summed E-state index contributed by atoms with van der Waals surface area (Å²) in [6, 6.07) is 2.49. The van der Waals surface area contributed by atoms with E-state index < -0.39 is 17.8 Å². The molecule has 1 rings (SSSR count). The highest BCUT2D eigenvalue weighted by atomic mass is 19.4. The van der Waals surface area contributed by atoms with Crippen molar-refractivity contribution in [2.75, 3.05) is 5.73 Å². The smallest absolute Gasteiger partial charge is 0.403 e. The van der Waals surface area contributed by atoms with Gasteiger partial charge in [0.15, 0.2) is 11.4 Å². The number of ether oxygens (including phenoxy) is 1. The predicted octanol–water partition coefficient (Wildman–Crippen LogP) is 1.74. The summed E-state index contributed by atoms with van der Waals surface area (Å²) in [5, 5.41) is 8.52. The minimum Gasteiger partial charge on any atom is -0.403 e.